The molecule has 6 heteroatoms. The fraction of sp³-hybridized carbons (Fsp3) is 0.500. The second-order valence-corrected chi connectivity index (χ2v) is 6.24. The Kier molecular flexibility index (Phi) is 3.65. The van der Waals surface area contributed by atoms with E-state index < -0.39 is 0 Å². The highest BCUT2D eigenvalue weighted by molar-refractivity contribution is 8.00. The number of aromatic nitrogens is 3. The summed E-state index contributed by atoms with van der Waals surface area (Å²) in [5.41, 5.74) is 0.946. The quantitative estimate of drug-likeness (QED) is 0.870. The molecule has 2 aromatic rings. The molecule has 0 aromatic carbocycles. The van der Waals surface area contributed by atoms with E-state index in [1.165, 1.54) is 11.8 Å². The molecule has 1 aliphatic rings. The van der Waals surface area contributed by atoms with Gasteiger partial charge < -0.3 is 8.98 Å². The third-order valence-corrected chi connectivity index (χ3v) is 5.03. The lowest BCUT2D eigenvalue weighted by molar-refractivity contribution is -0.119. The summed E-state index contributed by atoms with van der Waals surface area (Å²) in [6.45, 7) is 1.90. The summed E-state index contributed by atoms with van der Waals surface area (Å²) < 4.78 is 7.24. The number of nitrogens with zero attached hydrogens (tertiary/aromatic N) is 3. The van der Waals surface area contributed by atoms with E-state index in [4.69, 9.17) is 4.42 Å². The first-order chi connectivity index (χ1) is 9.66. The summed E-state index contributed by atoms with van der Waals surface area (Å²) in [6.07, 6.45) is 5.43. The van der Waals surface area contributed by atoms with Crippen molar-refractivity contribution < 1.29 is 9.21 Å². The lowest BCUT2D eigenvalue weighted by Gasteiger charge is -2.19. The maximum atomic E-state index is 11.9. The Labute approximate surface area is 121 Å². The van der Waals surface area contributed by atoms with Gasteiger partial charge >= 0.3 is 0 Å². The van der Waals surface area contributed by atoms with Crippen molar-refractivity contribution in [3.8, 4) is 11.4 Å². The van der Waals surface area contributed by atoms with E-state index in [2.05, 4.69) is 10.2 Å². The smallest absolute Gasteiger partial charge is 0.191 e. The van der Waals surface area contributed by atoms with E-state index in [0.29, 0.717) is 12.2 Å². The maximum Gasteiger partial charge on any atom is 0.191 e. The molecule has 0 N–H and O–H groups in total. The van der Waals surface area contributed by atoms with Gasteiger partial charge in [0.25, 0.3) is 0 Å². The molecule has 3 rings (SSSR count). The largest absolute Gasteiger partial charge is 0.469 e. The fourth-order valence-electron chi connectivity index (χ4n) is 2.47. The number of rotatable bonds is 3. The SMILES string of the molecule is Cc1occc1-c1nnc(SC2CCCCC2=O)n1C. The molecule has 5 nitrogen and oxygen atoms in total. The van der Waals surface area contributed by atoms with E-state index in [1.807, 2.05) is 24.6 Å². The average Bonchev–Trinajstić information content (AvgIpc) is 3.00. The zero-order chi connectivity index (χ0) is 14.1. The number of carbonyl (C=O) groups is 1. The summed E-state index contributed by atoms with van der Waals surface area (Å²) in [5, 5.41) is 9.28. The molecule has 106 valence electrons. The van der Waals surface area contributed by atoms with Gasteiger partial charge in [0, 0.05) is 13.5 Å². The first kappa shape index (κ1) is 13.4. The van der Waals surface area contributed by atoms with Crippen LogP contribution in [0.2, 0.25) is 0 Å². The third kappa shape index (κ3) is 2.40. The highest BCUT2D eigenvalue weighted by Crippen LogP contribution is 2.32. The van der Waals surface area contributed by atoms with Crippen LogP contribution in [0.4, 0.5) is 0 Å². The Bertz CT molecular complexity index is 632. The van der Waals surface area contributed by atoms with E-state index in [1.54, 1.807) is 6.26 Å². The summed E-state index contributed by atoms with van der Waals surface area (Å²) in [7, 11) is 1.93. The van der Waals surface area contributed by atoms with Crippen LogP contribution in [0.1, 0.15) is 31.4 Å². The zero-order valence-electron chi connectivity index (χ0n) is 11.6. The number of hydrogen-bond donors (Lipinski definition) is 0. The van der Waals surface area contributed by atoms with Crippen LogP contribution in [0, 0.1) is 6.92 Å². The van der Waals surface area contributed by atoms with Crippen LogP contribution in [0.3, 0.4) is 0 Å². The van der Waals surface area contributed by atoms with Crippen LogP contribution >= 0.6 is 11.8 Å². The molecule has 1 unspecified atom stereocenters. The van der Waals surface area contributed by atoms with Crippen molar-refractivity contribution in [1.82, 2.24) is 14.8 Å². The number of hydrogen-bond acceptors (Lipinski definition) is 5. The molecule has 0 spiro atoms. The molecule has 0 saturated heterocycles. The van der Waals surface area contributed by atoms with E-state index >= 15 is 0 Å². The molecule has 0 aliphatic heterocycles. The molecule has 1 saturated carbocycles. The van der Waals surface area contributed by atoms with Crippen LogP contribution < -0.4 is 0 Å². The van der Waals surface area contributed by atoms with Gasteiger partial charge in [0.05, 0.1) is 17.1 Å². The van der Waals surface area contributed by atoms with Gasteiger partial charge in [-0.05, 0) is 25.8 Å². The van der Waals surface area contributed by atoms with Crippen molar-refractivity contribution in [3.05, 3.63) is 18.1 Å². The minimum atomic E-state index is 0.0324. The van der Waals surface area contributed by atoms with Crippen LogP contribution in [-0.2, 0) is 11.8 Å². The van der Waals surface area contributed by atoms with Crippen molar-refractivity contribution in [2.45, 2.75) is 43.0 Å². The molecule has 0 bridgehead atoms. The summed E-state index contributed by atoms with van der Waals surface area (Å²) >= 11 is 1.53. The van der Waals surface area contributed by atoms with Gasteiger partial charge in [-0.1, -0.05) is 18.2 Å². The molecule has 1 fully saturated rings. The molecule has 2 heterocycles. The van der Waals surface area contributed by atoms with Crippen molar-refractivity contribution in [2.24, 2.45) is 7.05 Å². The number of furan rings is 1. The third-order valence-electron chi connectivity index (χ3n) is 3.68. The number of aryl methyl sites for hydroxylation is 1. The van der Waals surface area contributed by atoms with Crippen LogP contribution in [0.25, 0.3) is 11.4 Å². The van der Waals surface area contributed by atoms with E-state index in [-0.39, 0.29) is 5.25 Å². The summed E-state index contributed by atoms with van der Waals surface area (Å²) in [6, 6.07) is 1.89. The highest BCUT2D eigenvalue weighted by Gasteiger charge is 2.26. The second kappa shape index (κ2) is 5.44. The first-order valence-electron chi connectivity index (χ1n) is 6.80. The summed E-state index contributed by atoms with van der Waals surface area (Å²) in [4.78, 5) is 11.9. The normalized spacial score (nSPS) is 19.5. The Balaban J connectivity index is 1.84. The van der Waals surface area contributed by atoms with Gasteiger partial charge in [0.15, 0.2) is 11.0 Å². The zero-order valence-corrected chi connectivity index (χ0v) is 12.4. The Morgan fingerprint density at radius 3 is 2.95 bits per heavy atom. The minimum absolute atomic E-state index is 0.0324. The van der Waals surface area contributed by atoms with Crippen molar-refractivity contribution in [3.63, 3.8) is 0 Å². The number of Topliss-reactive ketones (excluding diaryl/α,β-unsaturated/α-hetero) is 1. The number of thioether (sulfide) groups is 1. The van der Waals surface area contributed by atoms with Gasteiger partial charge in [0.2, 0.25) is 0 Å². The molecule has 0 amide bonds. The van der Waals surface area contributed by atoms with Gasteiger partial charge in [-0.2, -0.15) is 0 Å². The molecule has 1 aliphatic carbocycles. The lowest BCUT2D eigenvalue weighted by atomic mass is 9.99. The van der Waals surface area contributed by atoms with Gasteiger partial charge in [-0.3, -0.25) is 4.79 Å². The Hall–Kier alpha value is -1.56. The topological polar surface area (TPSA) is 60.9 Å². The molecule has 0 radical (unpaired) electrons. The van der Waals surface area contributed by atoms with E-state index in [0.717, 1.165) is 41.6 Å². The highest BCUT2D eigenvalue weighted by atomic mass is 32.2. The average molecular weight is 291 g/mol. The molecule has 20 heavy (non-hydrogen) atoms. The number of carbonyl (C=O) groups excluding carboxylic acids is 1. The Morgan fingerprint density at radius 2 is 2.25 bits per heavy atom. The van der Waals surface area contributed by atoms with Crippen molar-refractivity contribution >= 4 is 17.5 Å². The predicted octanol–water partition coefficient (Wildman–Crippen LogP) is 2.99. The molecule has 1 atom stereocenters. The van der Waals surface area contributed by atoms with E-state index in [9.17, 15) is 4.79 Å². The minimum Gasteiger partial charge on any atom is -0.469 e. The lowest BCUT2D eigenvalue weighted by Crippen LogP contribution is -2.21. The molecule has 2 aromatic heterocycles. The summed E-state index contributed by atoms with van der Waals surface area (Å²) in [5.74, 6) is 1.94. The van der Waals surface area contributed by atoms with Crippen LogP contribution in [-0.4, -0.2) is 25.8 Å². The van der Waals surface area contributed by atoms with Crippen LogP contribution in [0.15, 0.2) is 21.9 Å². The first-order valence-corrected chi connectivity index (χ1v) is 7.68. The maximum absolute atomic E-state index is 11.9. The van der Waals surface area contributed by atoms with Gasteiger partial charge in [0.1, 0.15) is 11.5 Å². The van der Waals surface area contributed by atoms with Crippen LogP contribution in [0.5, 0.6) is 0 Å². The monoisotopic (exact) mass is 291 g/mol. The van der Waals surface area contributed by atoms with Crippen molar-refractivity contribution in [1.29, 1.82) is 0 Å². The second-order valence-electron chi connectivity index (χ2n) is 5.07. The molecular weight excluding hydrogens is 274 g/mol. The fourth-order valence-corrected chi connectivity index (χ4v) is 3.59. The molecular formula is C14H17N3O2S. The van der Waals surface area contributed by atoms with Gasteiger partial charge in [-0.25, -0.2) is 0 Å². The van der Waals surface area contributed by atoms with Crippen molar-refractivity contribution in [2.75, 3.05) is 0 Å². The number of ketones is 1. The van der Waals surface area contributed by atoms with Gasteiger partial charge in [-0.15, -0.1) is 10.2 Å². The Morgan fingerprint density at radius 1 is 1.40 bits per heavy atom. The predicted molar refractivity (Wildman–Crippen MR) is 76.6 cm³/mol. The standard InChI is InChI=1S/C14H17N3O2S/c1-9-10(7-8-19-9)13-15-16-14(17(13)2)20-12-6-4-3-5-11(12)18/h7-8,12H,3-6H2,1-2H3.